The van der Waals surface area contributed by atoms with Crippen LogP contribution in [0.5, 0.6) is 0 Å². The van der Waals surface area contributed by atoms with Gasteiger partial charge in [-0.25, -0.2) is 4.98 Å². The smallest absolute Gasteiger partial charge is 0.230 e. The number of nitrogens with one attached hydrogen (secondary N) is 2. The molecule has 0 spiro atoms. The number of hydrogen-bond acceptors (Lipinski definition) is 4. The first-order valence-electron chi connectivity index (χ1n) is 8.43. The molecule has 3 aromatic rings. The Kier molecular flexibility index (Phi) is 5.81. The molecule has 0 aliphatic rings. The summed E-state index contributed by atoms with van der Waals surface area (Å²) in [5.41, 5.74) is 2.00. The van der Waals surface area contributed by atoms with Gasteiger partial charge in [-0.05, 0) is 36.4 Å². The fourth-order valence-corrected chi connectivity index (χ4v) is 4.40. The van der Waals surface area contributed by atoms with Gasteiger partial charge in [-0.2, -0.15) is 0 Å². The first kappa shape index (κ1) is 18.0. The molecular formula is C19H23N3OS2. The zero-order chi connectivity index (χ0) is 17.8. The van der Waals surface area contributed by atoms with E-state index in [0.717, 1.165) is 16.9 Å². The molecular weight excluding hydrogens is 350 g/mol. The molecule has 25 heavy (non-hydrogen) atoms. The van der Waals surface area contributed by atoms with Crippen molar-refractivity contribution in [2.24, 2.45) is 5.92 Å². The van der Waals surface area contributed by atoms with E-state index in [9.17, 15) is 4.79 Å². The Labute approximate surface area is 156 Å². The average molecular weight is 374 g/mol. The third-order valence-electron chi connectivity index (χ3n) is 4.09. The maximum atomic E-state index is 12.4. The van der Waals surface area contributed by atoms with Crippen molar-refractivity contribution >= 4 is 40.0 Å². The molecule has 2 N–H and O–H groups in total. The summed E-state index contributed by atoms with van der Waals surface area (Å²) in [5.74, 6) is 1.77. The number of amides is 1. The van der Waals surface area contributed by atoms with Crippen LogP contribution in [0.25, 0.3) is 11.0 Å². The highest BCUT2D eigenvalue weighted by atomic mass is 32.2. The summed E-state index contributed by atoms with van der Waals surface area (Å²) in [5, 5.41) is 5.36. The molecule has 0 saturated carbocycles. The van der Waals surface area contributed by atoms with Gasteiger partial charge in [0.2, 0.25) is 5.91 Å². The van der Waals surface area contributed by atoms with Crippen LogP contribution in [-0.4, -0.2) is 21.6 Å². The highest BCUT2D eigenvalue weighted by Crippen LogP contribution is 2.29. The molecule has 6 heteroatoms. The highest BCUT2D eigenvalue weighted by molar-refractivity contribution is 8.00. The molecule has 0 bridgehead atoms. The summed E-state index contributed by atoms with van der Waals surface area (Å²) < 4.78 is 0. The van der Waals surface area contributed by atoms with Crippen molar-refractivity contribution in [3.05, 3.63) is 52.5 Å². The van der Waals surface area contributed by atoms with E-state index in [1.165, 1.54) is 4.88 Å². The van der Waals surface area contributed by atoms with Crippen molar-refractivity contribution in [1.29, 1.82) is 0 Å². The molecule has 0 aliphatic carbocycles. The Morgan fingerprint density at radius 1 is 1.24 bits per heavy atom. The Hall–Kier alpha value is -1.79. The first-order chi connectivity index (χ1) is 12.0. The summed E-state index contributed by atoms with van der Waals surface area (Å²) >= 11 is 3.29. The van der Waals surface area contributed by atoms with E-state index in [2.05, 4.69) is 47.5 Å². The van der Waals surface area contributed by atoms with Gasteiger partial charge in [0, 0.05) is 4.88 Å². The van der Waals surface area contributed by atoms with Crippen LogP contribution in [0, 0.1) is 5.92 Å². The van der Waals surface area contributed by atoms with Gasteiger partial charge in [-0.1, -0.05) is 32.0 Å². The van der Waals surface area contributed by atoms with E-state index in [4.69, 9.17) is 0 Å². The third-order valence-corrected chi connectivity index (χ3v) is 6.20. The summed E-state index contributed by atoms with van der Waals surface area (Å²) in [4.78, 5) is 21.6. The molecule has 0 aliphatic heterocycles. The summed E-state index contributed by atoms with van der Waals surface area (Å²) in [6, 6.07) is 12.2. The highest BCUT2D eigenvalue weighted by Gasteiger charge is 2.20. The minimum Gasteiger partial charge on any atom is -0.348 e. The van der Waals surface area contributed by atoms with Gasteiger partial charge in [0.25, 0.3) is 0 Å². The fourth-order valence-electron chi connectivity index (χ4n) is 2.69. The van der Waals surface area contributed by atoms with Gasteiger partial charge in [-0.15, -0.1) is 23.1 Å². The number of aromatic amines is 1. The molecule has 0 saturated heterocycles. The van der Waals surface area contributed by atoms with E-state index in [-0.39, 0.29) is 17.2 Å². The number of thiophene rings is 1. The second-order valence-electron chi connectivity index (χ2n) is 6.40. The second-order valence-corrected chi connectivity index (χ2v) is 8.71. The summed E-state index contributed by atoms with van der Waals surface area (Å²) in [7, 11) is 0. The number of imidazole rings is 1. The average Bonchev–Trinajstić information content (AvgIpc) is 3.26. The van der Waals surface area contributed by atoms with Crippen LogP contribution in [0.1, 0.15) is 42.8 Å². The molecule has 2 aromatic heterocycles. The number of nitrogens with zero attached hydrogens (tertiary/aromatic N) is 1. The molecule has 3 rings (SSSR count). The monoisotopic (exact) mass is 373 g/mol. The molecule has 132 valence electrons. The minimum absolute atomic E-state index is 0.0695. The Bertz CT molecular complexity index is 793. The van der Waals surface area contributed by atoms with Crippen molar-refractivity contribution in [1.82, 2.24) is 15.3 Å². The largest absolute Gasteiger partial charge is 0.348 e. The lowest BCUT2D eigenvalue weighted by Crippen LogP contribution is -2.32. The van der Waals surface area contributed by atoms with Crippen molar-refractivity contribution in [2.45, 2.75) is 32.1 Å². The van der Waals surface area contributed by atoms with Gasteiger partial charge in [0.05, 0.1) is 28.1 Å². The minimum atomic E-state index is 0.0695. The van der Waals surface area contributed by atoms with Crippen LogP contribution in [-0.2, 0) is 4.79 Å². The Morgan fingerprint density at radius 3 is 2.72 bits per heavy atom. The molecule has 4 nitrogen and oxygen atoms in total. The standard InChI is InChI=1S/C19H23N3OS2/c1-12(2)18(16-9-6-10-24-16)22-17(23)11-25-13(3)19-20-14-7-4-5-8-15(14)21-19/h4-10,12-13,18H,11H2,1-3H3,(H,20,21)(H,22,23)/t13-,18+/m1/s1. The topological polar surface area (TPSA) is 57.8 Å². The van der Waals surface area contributed by atoms with Gasteiger partial charge < -0.3 is 10.3 Å². The number of aromatic nitrogens is 2. The number of hydrogen-bond donors (Lipinski definition) is 2. The number of rotatable bonds is 7. The van der Waals surface area contributed by atoms with Gasteiger partial charge >= 0.3 is 0 Å². The van der Waals surface area contributed by atoms with Crippen LogP contribution in [0.4, 0.5) is 0 Å². The quantitative estimate of drug-likeness (QED) is 0.617. The van der Waals surface area contributed by atoms with Crippen molar-refractivity contribution in [3.8, 4) is 0 Å². The lowest BCUT2D eigenvalue weighted by Gasteiger charge is -2.21. The first-order valence-corrected chi connectivity index (χ1v) is 10.4. The van der Waals surface area contributed by atoms with E-state index >= 15 is 0 Å². The Balaban J connectivity index is 1.57. The van der Waals surface area contributed by atoms with Crippen LogP contribution in [0.3, 0.4) is 0 Å². The van der Waals surface area contributed by atoms with Crippen molar-refractivity contribution < 1.29 is 4.79 Å². The van der Waals surface area contributed by atoms with E-state index in [0.29, 0.717) is 11.7 Å². The van der Waals surface area contributed by atoms with Crippen LogP contribution >= 0.6 is 23.1 Å². The summed E-state index contributed by atoms with van der Waals surface area (Å²) in [6.45, 7) is 6.35. The van der Waals surface area contributed by atoms with Gasteiger partial charge in [-0.3, -0.25) is 4.79 Å². The normalized spacial score (nSPS) is 13.9. The SMILES string of the molecule is CC(C)[C@H](NC(=O)CS[C@H](C)c1nc2ccccc2[nH]1)c1cccs1. The van der Waals surface area contributed by atoms with E-state index in [1.807, 2.05) is 30.3 Å². The number of carbonyl (C=O) groups excluding carboxylic acids is 1. The molecule has 0 fully saturated rings. The number of carbonyl (C=O) groups is 1. The maximum Gasteiger partial charge on any atom is 0.230 e. The fraction of sp³-hybridized carbons (Fsp3) is 0.368. The lowest BCUT2D eigenvalue weighted by molar-refractivity contribution is -0.119. The van der Waals surface area contributed by atoms with Crippen molar-refractivity contribution in [3.63, 3.8) is 0 Å². The maximum absolute atomic E-state index is 12.4. The van der Waals surface area contributed by atoms with Crippen LogP contribution < -0.4 is 5.32 Å². The number of para-hydroxylation sites is 2. The summed E-state index contributed by atoms with van der Waals surface area (Å²) in [6.07, 6.45) is 0. The second kappa shape index (κ2) is 8.06. The Morgan fingerprint density at radius 2 is 2.04 bits per heavy atom. The van der Waals surface area contributed by atoms with Crippen LogP contribution in [0.15, 0.2) is 41.8 Å². The molecule has 1 aromatic carbocycles. The molecule has 0 unspecified atom stereocenters. The third kappa shape index (κ3) is 4.44. The zero-order valence-electron chi connectivity index (χ0n) is 14.7. The molecule has 2 heterocycles. The molecule has 1 amide bonds. The zero-order valence-corrected chi connectivity index (χ0v) is 16.3. The van der Waals surface area contributed by atoms with Gasteiger partial charge in [0.15, 0.2) is 0 Å². The molecule has 0 radical (unpaired) electrons. The van der Waals surface area contributed by atoms with E-state index < -0.39 is 0 Å². The number of fused-ring (bicyclic) bond motifs is 1. The van der Waals surface area contributed by atoms with E-state index in [1.54, 1.807) is 23.1 Å². The number of thioether (sulfide) groups is 1. The van der Waals surface area contributed by atoms with Crippen LogP contribution in [0.2, 0.25) is 0 Å². The number of H-pyrrole nitrogens is 1. The van der Waals surface area contributed by atoms with Gasteiger partial charge in [0.1, 0.15) is 5.82 Å². The predicted molar refractivity (Wildman–Crippen MR) is 107 cm³/mol. The number of benzene rings is 1. The van der Waals surface area contributed by atoms with Crippen molar-refractivity contribution in [2.75, 3.05) is 5.75 Å². The molecule has 2 atom stereocenters. The predicted octanol–water partition coefficient (Wildman–Crippen LogP) is 4.93. The lowest BCUT2D eigenvalue weighted by atomic mass is 10.0.